The van der Waals surface area contributed by atoms with E-state index in [2.05, 4.69) is 5.32 Å². The van der Waals surface area contributed by atoms with Gasteiger partial charge in [0.2, 0.25) is 0 Å². The van der Waals surface area contributed by atoms with Crippen LogP contribution in [-0.2, 0) is 0 Å². The summed E-state index contributed by atoms with van der Waals surface area (Å²) < 4.78 is 13.7. The van der Waals surface area contributed by atoms with Gasteiger partial charge in [-0.25, -0.2) is 4.39 Å². The van der Waals surface area contributed by atoms with Crippen molar-refractivity contribution in [1.82, 2.24) is 0 Å². The number of rotatable bonds is 3. The van der Waals surface area contributed by atoms with E-state index in [1.165, 1.54) is 18.2 Å². The first kappa shape index (κ1) is 15.6. The van der Waals surface area contributed by atoms with E-state index in [4.69, 9.17) is 23.2 Å². The molecule has 0 aliphatic rings. The first-order valence-electron chi connectivity index (χ1n) is 6.12. The van der Waals surface area contributed by atoms with Gasteiger partial charge in [-0.15, -0.1) is 0 Å². The van der Waals surface area contributed by atoms with E-state index in [1.54, 1.807) is 18.2 Å². The van der Waals surface area contributed by atoms with Crippen molar-refractivity contribution in [2.45, 2.75) is 0 Å². The van der Waals surface area contributed by atoms with Crippen LogP contribution < -0.4 is 10.2 Å². The van der Waals surface area contributed by atoms with Crippen LogP contribution in [0.4, 0.5) is 15.8 Å². The van der Waals surface area contributed by atoms with Crippen LogP contribution in [0.2, 0.25) is 10.0 Å². The van der Waals surface area contributed by atoms with E-state index in [1.807, 2.05) is 19.0 Å². The number of nitrogens with zero attached hydrogens (tertiary/aromatic N) is 1. The Kier molecular flexibility index (Phi) is 4.70. The van der Waals surface area contributed by atoms with E-state index in [9.17, 15) is 9.18 Å². The zero-order chi connectivity index (χ0) is 15.6. The second kappa shape index (κ2) is 6.33. The van der Waals surface area contributed by atoms with Crippen molar-refractivity contribution in [3.63, 3.8) is 0 Å². The average Bonchev–Trinajstić information content (AvgIpc) is 2.37. The first-order chi connectivity index (χ1) is 9.90. The van der Waals surface area contributed by atoms with Gasteiger partial charge in [-0.2, -0.15) is 0 Å². The number of hydrogen-bond acceptors (Lipinski definition) is 2. The number of anilines is 2. The molecule has 0 heterocycles. The molecule has 2 aromatic carbocycles. The zero-order valence-electron chi connectivity index (χ0n) is 11.5. The molecular formula is C15H13Cl2FN2O. The van der Waals surface area contributed by atoms with Crippen LogP contribution in [0, 0.1) is 5.82 Å². The standard InChI is InChI=1S/C15H13Cl2FN2O/c1-20(2)13-7-6-9(8-11(13)17)19-15(21)14-10(16)4-3-5-12(14)18/h3-8H,1-2H3,(H,19,21). The predicted octanol–water partition coefficient (Wildman–Crippen LogP) is 4.45. The fourth-order valence-corrected chi connectivity index (χ4v) is 2.45. The van der Waals surface area contributed by atoms with Crippen molar-refractivity contribution in [2.75, 3.05) is 24.3 Å². The third-order valence-corrected chi connectivity index (χ3v) is 3.49. The Hall–Kier alpha value is -1.78. The molecule has 110 valence electrons. The minimum atomic E-state index is -0.670. The van der Waals surface area contributed by atoms with Crippen LogP contribution in [-0.4, -0.2) is 20.0 Å². The second-order valence-electron chi connectivity index (χ2n) is 4.61. The lowest BCUT2D eigenvalue weighted by Gasteiger charge is -2.15. The average molecular weight is 327 g/mol. The van der Waals surface area contributed by atoms with Crippen LogP contribution in [0.25, 0.3) is 0 Å². The fourth-order valence-electron chi connectivity index (χ4n) is 1.86. The van der Waals surface area contributed by atoms with Crippen LogP contribution in [0.5, 0.6) is 0 Å². The molecule has 0 unspecified atom stereocenters. The van der Waals surface area contributed by atoms with Gasteiger partial charge in [0.25, 0.3) is 5.91 Å². The molecule has 0 aromatic heterocycles. The molecule has 0 atom stereocenters. The number of halogens is 3. The van der Waals surface area contributed by atoms with E-state index in [0.29, 0.717) is 10.7 Å². The highest BCUT2D eigenvalue weighted by molar-refractivity contribution is 6.35. The normalized spacial score (nSPS) is 10.3. The molecule has 3 nitrogen and oxygen atoms in total. The Labute approximate surface area is 132 Å². The molecule has 21 heavy (non-hydrogen) atoms. The maximum absolute atomic E-state index is 13.7. The first-order valence-corrected chi connectivity index (χ1v) is 6.88. The molecule has 0 saturated carbocycles. The van der Waals surface area contributed by atoms with Gasteiger partial charge >= 0.3 is 0 Å². The maximum Gasteiger partial charge on any atom is 0.260 e. The summed E-state index contributed by atoms with van der Waals surface area (Å²) >= 11 is 12.0. The molecule has 0 aliphatic heterocycles. The summed E-state index contributed by atoms with van der Waals surface area (Å²) in [6.07, 6.45) is 0. The van der Waals surface area contributed by atoms with Crippen LogP contribution in [0.3, 0.4) is 0 Å². The molecule has 0 radical (unpaired) electrons. The molecule has 0 aliphatic carbocycles. The summed E-state index contributed by atoms with van der Waals surface area (Å²) in [5.74, 6) is -1.29. The van der Waals surface area contributed by atoms with Crippen LogP contribution in [0.1, 0.15) is 10.4 Å². The van der Waals surface area contributed by atoms with Gasteiger partial charge in [-0.05, 0) is 30.3 Å². The van der Waals surface area contributed by atoms with Crippen molar-refractivity contribution >= 4 is 40.5 Å². The van der Waals surface area contributed by atoms with E-state index >= 15 is 0 Å². The molecular weight excluding hydrogens is 314 g/mol. The van der Waals surface area contributed by atoms with Gasteiger partial charge in [0.1, 0.15) is 5.82 Å². The number of hydrogen-bond donors (Lipinski definition) is 1. The minimum Gasteiger partial charge on any atom is -0.376 e. The summed E-state index contributed by atoms with van der Waals surface area (Å²) in [7, 11) is 3.72. The van der Waals surface area contributed by atoms with Crippen molar-refractivity contribution in [2.24, 2.45) is 0 Å². The van der Waals surface area contributed by atoms with Gasteiger partial charge in [-0.1, -0.05) is 29.3 Å². The summed E-state index contributed by atoms with van der Waals surface area (Å²) in [5, 5.41) is 3.12. The highest BCUT2D eigenvalue weighted by atomic mass is 35.5. The molecule has 0 spiro atoms. The molecule has 1 amide bonds. The quantitative estimate of drug-likeness (QED) is 0.903. The SMILES string of the molecule is CN(C)c1ccc(NC(=O)c2c(F)cccc2Cl)cc1Cl. The number of carbonyl (C=O) groups excluding carboxylic acids is 1. The molecule has 6 heteroatoms. The topological polar surface area (TPSA) is 32.3 Å². The summed E-state index contributed by atoms with van der Waals surface area (Å²) in [4.78, 5) is 13.9. The fraction of sp³-hybridized carbons (Fsp3) is 0.133. The smallest absolute Gasteiger partial charge is 0.260 e. The maximum atomic E-state index is 13.7. The van der Waals surface area contributed by atoms with Crippen molar-refractivity contribution in [3.8, 4) is 0 Å². The van der Waals surface area contributed by atoms with Gasteiger partial charge in [0, 0.05) is 19.8 Å². The number of amides is 1. The monoisotopic (exact) mass is 326 g/mol. The molecule has 0 bridgehead atoms. The van der Waals surface area contributed by atoms with E-state index < -0.39 is 11.7 Å². The summed E-state index contributed by atoms with van der Waals surface area (Å²) in [6, 6.07) is 9.14. The summed E-state index contributed by atoms with van der Waals surface area (Å²) in [5.41, 5.74) is 1.10. The lowest BCUT2D eigenvalue weighted by Crippen LogP contribution is -2.15. The van der Waals surface area contributed by atoms with Crippen molar-refractivity contribution in [3.05, 3.63) is 57.8 Å². The van der Waals surface area contributed by atoms with Crippen molar-refractivity contribution in [1.29, 1.82) is 0 Å². The summed E-state index contributed by atoms with van der Waals surface area (Å²) in [6.45, 7) is 0. The Morgan fingerprint density at radius 1 is 1.14 bits per heavy atom. The number of carbonyl (C=O) groups is 1. The van der Waals surface area contributed by atoms with Gasteiger partial charge < -0.3 is 10.2 Å². The third kappa shape index (κ3) is 3.46. The molecule has 0 saturated heterocycles. The van der Waals surface area contributed by atoms with Gasteiger partial charge in [0.05, 0.1) is 21.3 Å². The minimum absolute atomic E-state index is 0.0588. The molecule has 2 aromatic rings. The Bertz CT molecular complexity index is 669. The lowest BCUT2D eigenvalue weighted by molar-refractivity contribution is 0.102. The number of nitrogens with one attached hydrogen (secondary N) is 1. The molecule has 1 N–H and O–H groups in total. The van der Waals surface area contributed by atoms with Crippen molar-refractivity contribution < 1.29 is 9.18 Å². The Balaban J connectivity index is 2.26. The third-order valence-electron chi connectivity index (χ3n) is 2.88. The Morgan fingerprint density at radius 3 is 2.43 bits per heavy atom. The van der Waals surface area contributed by atoms with E-state index in [-0.39, 0.29) is 10.6 Å². The zero-order valence-corrected chi connectivity index (χ0v) is 13.0. The van der Waals surface area contributed by atoms with Crippen LogP contribution >= 0.6 is 23.2 Å². The van der Waals surface area contributed by atoms with E-state index in [0.717, 1.165) is 5.69 Å². The van der Waals surface area contributed by atoms with Crippen LogP contribution in [0.15, 0.2) is 36.4 Å². The predicted molar refractivity (Wildman–Crippen MR) is 85.1 cm³/mol. The largest absolute Gasteiger partial charge is 0.376 e. The molecule has 0 fully saturated rings. The molecule has 2 rings (SSSR count). The number of benzene rings is 2. The van der Waals surface area contributed by atoms with Gasteiger partial charge in [0.15, 0.2) is 0 Å². The van der Waals surface area contributed by atoms with Gasteiger partial charge in [-0.3, -0.25) is 4.79 Å². The lowest BCUT2D eigenvalue weighted by atomic mass is 10.2. The Morgan fingerprint density at radius 2 is 1.86 bits per heavy atom. The highest BCUT2D eigenvalue weighted by Gasteiger charge is 2.16. The highest BCUT2D eigenvalue weighted by Crippen LogP contribution is 2.28. The second-order valence-corrected chi connectivity index (χ2v) is 5.43.